The van der Waals surface area contributed by atoms with E-state index in [1.807, 2.05) is 0 Å². The minimum Gasteiger partial charge on any atom is -0.172 e. The molecule has 0 unspecified atom stereocenters. The summed E-state index contributed by atoms with van der Waals surface area (Å²) in [5.41, 5.74) is 0. The summed E-state index contributed by atoms with van der Waals surface area (Å²) in [7, 11) is -4.24. The van der Waals surface area contributed by atoms with E-state index in [1.165, 1.54) is 0 Å². The second-order valence-corrected chi connectivity index (χ2v) is 84.3. The standard InChI is InChI=1S/C11H33ClSi6/c1-13(2,12)18(11)16(7,8)14(3,4)15(5,6)17(18,9)10/h1-11H3. The smallest absolute Gasteiger partial charge is 0.135 e. The number of hydrogen-bond donors (Lipinski definition) is 0. The van der Waals surface area contributed by atoms with E-state index >= 15 is 0 Å². The Bertz CT molecular complexity index is 340. The Morgan fingerprint density at radius 3 is 0.889 bits per heavy atom. The second kappa shape index (κ2) is 4.07. The molecule has 0 atom stereocenters. The highest BCUT2D eigenvalue weighted by Gasteiger charge is 2.80. The molecule has 108 valence electrons. The molecule has 1 fully saturated rings. The molecular weight excluding hydrogens is 336 g/mol. The summed E-state index contributed by atoms with van der Waals surface area (Å²) in [6.45, 7) is 27.3. The molecule has 0 spiro atoms. The topological polar surface area (TPSA) is 0 Å². The Morgan fingerprint density at radius 1 is 0.556 bits per heavy atom. The van der Waals surface area contributed by atoms with Crippen LogP contribution in [0.2, 0.25) is 72.0 Å². The first-order chi connectivity index (χ1) is 7.50. The number of hydrogen-bond acceptors (Lipinski definition) is 0. The van der Waals surface area contributed by atoms with Crippen LogP contribution in [0.5, 0.6) is 0 Å². The zero-order chi connectivity index (χ0) is 15.0. The van der Waals surface area contributed by atoms with Gasteiger partial charge in [0, 0.05) is 35.1 Å². The van der Waals surface area contributed by atoms with Crippen LogP contribution in [-0.2, 0) is 0 Å². The molecule has 1 heterocycles. The fourth-order valence-electron chi connectivity index (χ4n) is 5.08. The van der Waals surface area contributed by atoms with E-state index in [-0.39, 0.29) is 0 Å². The molecule has 0 radical (unpaired) electrons. The van der Waals surface area contributed by atoms with Gasteiger partial charge in [-0.05, 0) is 0 Å². The summed E-state index contributed by atoms with van der Waals surface area (Å²) in [6.07, 6.45) is 0. The SMILES string of the molecule is C[Si](C)(Cl)[Si]1(C)[Si](C)(C)[Si](C)(C)[Si](C)(C)[Si]1(C)C. The molecule has 0 aromatic rings. The zero-order valence-corrected chi connectivity index (χ0v) is 21.1. The van der Waals surface area contributed by atoms with Gasteiger partial charge in [0.1, 0.15) is 6.90 Å². The fourth-order valence-corrected chi connectivity index (χ4v) is 293. The van der Waals surface area contributed by atoms with Crippen LogP contribution in [0.15, 0.2) is 0 Å². The Labute approximate surface area is 124 Å². The van der Waals surface area contributed by atoms with Crippen molar-refractivity contribution in [2.45, 2.75) is 72.0 Å². The molecule has 0 amide bonds. The van der Waals surface area contributed by atoms with Gasteiger partial charge in [-0.15, -0.1) is 0 Å². The lowest BCUT2D eigenvalue weighted by atomic mass is 11.9. The minimum absolute atomic E-state index is 1.02. The number of halogens is 1. The monoisotopic (exact) mass is 368 g/mol. The quantitative estimate of drug-likeness (QED) is 0.459. The van der Waals surface area contributed by atoms with Crippen molar-refractivity contribution >= 4 is 53.0 Å². The molecule has 7 heteroatoms. The van der Waals surface area contributed by atoms with Crippen LogP contribution < -0.4 is 0 Å². The molecule has 1 rings (SSSR count). The molecule has 0 saturated carbocycles. The summed E-state index contributed by atoms with van der Waals surface area (Å²) in [6, 6.07) is 0. The van der Waals surface area contributed by atoms with Crippen LogP contribution in [-0.4, -0.2) is 42.0 Å². The second-order valence-electron chi connectivity index (χ2n) is 9.10. The van der Waals surface area contributed by atoms with Crippen molar-refractivity contribution in [3.05, 3.63) is 0 Å². The van der Waals surface area contributed by atoms with Gasteiger partial charge in [-0.3, -0.25) is 0 Å². The first kappa shape index (κ1) is 17.6. The summed E-state index contributed by atoms with van der Waals surface area (Å²) < 4.78 is 0. The highest BCUT2D eigenvalue weighted by molar-refractivity contribution is 8.22. The highest BCUT2D eigenvalue weighted by Crippen LogP contribution is 2.54. The molecular formula is C11H33ClSi6. The van der Waals surface area contributed by atoms with Gasteiger partial charge in [-0.2, -0.15) is 11.1 Å². The molecule has 1 saturated heterocycles. The van der Waals surface area contributed by atoms with Crippen molar-refractivity contribution in [1.29, 1.82) is 0 Å². The summed E-state index contributed by atoms with van der Waals surface area (Å²) in [5, 5.41) is 0. The molecule has 0 aromatic heterocycles. The lowest BCUT2D eigenvalue weighted by Crippen LogP contribution is -2.81. The van der Waals surface area contributed by atoms with Crippen LogP contribution in [0.3, 0.4) is 0 Å². The Kier molecular flexibility index (Phi) is 3.99. The lowest BCUT2D eigenvalue weighted by molar-refractivity contribution is 1.83. The van der Waals surface area contributed by atoms with E-state index in [9.17, 15) is 0 Å². The van der Waals surface area contributed by atoms with E-state index in [0.717, 1.165) is 0 Å². The van der Waals surface area contributed by atoms with Gasteiger partial charge in [-0.25, -0.2) is 0 Å². The molecule has 0 nitrogen and oxygen atoms in total. The van der Waals surface area contributed by atoms with E-state index in [4.69, 9.17) is 11.1 Å². The largest absolute Gasteiger partial charge is 0.172 e. The molecule has 1 aliphatic rings. The average Bonchev–Trinajstić information content (AvgIpc) is 2.16. The van der Waals surface area contributed by atoms with Gasteiger partial charge in [0.25, 0.3) is 0 Å². The van der Waals surface area contributed by atoms with Gasteiger partial charge in [0.15, 0.2) is 0 Å². The van der Waals surface area contributed by atoms with E-state index in [0.29, 0.717) is 0 Å². The average molecular weight is 369 g/mol. The van der Waals surface area contributed by atoms with Crippen molar-refractivity contribution in [1.82, 2.24) is 0 Å². The van der Waals surface area contributed by atoms with Gasteiger partial charge in [0.2, 0.25) is 0 Å². The molecule has 1 aliphatic heterocycles. The molecule has 0 aromatic carbocycles. The highest BCUT2D eigenvalue weighted by atomic mass is 35.6. The van der Waals surface area contributed by atoms with Crippen molar-refractivity contribution in [2.75, 3.05) is 0 Å². The molecule has 0 aliphatic carbocycles. The van der Waals surface area contributed by atoms with Crippen molar-refractivity contribution < 1.29 is 0 Å². The van der Waals surface area contributed by atoms with Gasteiger partial charge >= 0.3 is 0 Å². The van der Waals surface area contributed by atoms with E-state index < -0.39 is 42.0 Å². The van der Waals surface area contributed by atoms with Crippen LogP contribution in [0, 0.1) is 0 Å². The maximum Gasteiger partial charge on any atom is 0.135 e. The minimum atomic E-state index is -1.49. The molecule has 0 N–H and O–H groups in total. The summed E-state index contributed by atoms with van der Waals surface area (Å²) in [4.78, 5) is 0. The van der Waals surface area contributed by atoms with Crippen LogP contribution in [0.4, 0.5) is 0 Å². The van der Waals surface area contributed by atoms with Crippen molar-refractivity contribution in [3.8, 4) is 0 Å². The first-order valence-corrected chi connectivity index (χ1v) is 31.7. The van der Waals surface area contributed by atoms with Gasteiger partial charge < -0.3 is 0 Å². The Morgan fingerprint density at radius 2 is 0.778 bits per heavy atom. The van der Waals surface area contributed by atoms with Crippen LogP contribution in [0.25, 0.3) is 0 Å². The maximum absolute atomic E-state index is 7.22. The van der Waals surface area contributed by atoms with Crippen LogP contribution in [0.1, 0.15) is 0 Å². The predicted octanol–water partition coefficient (Wildman–Crippen LogP) is 4.83. The predicted molar refractivity (Wildman–Crippen MR) is 105 cm³/mol. The first-order valence-electron chi connectivity index (χ1n) is 7.19. The molecule has 0 bridgehead atoms. The third-order valence-electron chi connectivity index (χ3n) is 8.38. The zero-order valence-electron chi connectivity index (χ0n) is 14.4. The summed E-state index contributed by atoms with van der Waals surface area (Å²) >= 11 is 7.22. The Hall–Kier alpha value is 1.59. The van der Waals surface area contributed by atoms with E-state index in [2.05, 4.69) is 72.0 Å². The van der Waals surface area contributed by atoms with Crippen molar-refractivity contribution in [3.63, 3.8) is 0 Å². The molecule has 18 heavy (non-hydrogen) atoms. The normalized spacial score (nSPS) is 31.3. The van der Waals surface area contributed by atoms with Crippen LogP contribution >= 0.6 is 11.1 Å². The Balaban J connectivity index is 3.75. The maximum atomic E-state index is 7.22. The number of rotatable bonds is 1. The summed E-state index contributed by atoms with van der Waals surface area (Å²) in [5.74, 6) is 0. The lowest BCUT2D eigenvalue weighted by Gasteiger charge is -2.52. The van der Waals surface area contributed by atoms with E-state index in [1.54, 1.807) is 0 Å². The third kappa shape index (κ3) is 1.57. The third-order valence-corrected chi connectivity index (χ3v) is 174. The van der Waals surface area contributed by atoms with Gasteiger partial charge in [0.05, 0.1) is 0 Å². The van der Waals surface area contributed by atoms with Crippen molar-refractivity contribution in [2.24, 2.45) is 0 Å². The van der Waals surface area contributed by atoms with Gasteiger partial charge in [-0.1, -0.05) is 72.0 Å². The fraction of sp³-hybridized carbons (Fsp3) is 1.00.